The van der Waals surface area contributed by atoms with Crippen LogP contribution in [0.15, 0.2) is 6.20 Å². The summed E-state index contributed by atoms with van der Waals surface area (Å²) in [6.45, 7) is 5.10. The molecule has 0 aliphatic rings. The minimum atomic E-state index is 0.0607. The van der Waals surface area contributed by atoms with Crippen LogP contribution in [0, 0.1) is 12.8 Å². The highest BCUT2D eigenvalue weighted by Crippen LogP contribution is 2.07. The molecule has 1 atom stereocenters. The van der Waals surface area contributed by atoms with Gasteiger partial charge in [0, 0.05) is 31.8 Å². The first-order valence-corrected chi connectivity index (χ1v) is 6.02. The number of nitrogens with two attached hydrogens (primary N) is 1. The maximum absolute atomic E-state index is 11.7. The van der Waals surface area contributed by atoms with Crippen LogP contribution in [0.2, 0.25) is 0 Å². The molecule has 0 spiro atoms. The Morgan fingerprint density at radius 3 is 2.82 bits per heavy atom. The molecular formula is C12H22N4O. The quantitative estimate of drug-likeness (QED) is 0.767. The summed E-state index contributed by atoms with van der Waals surface area (Å²) < 4.78 is 1.76. The van der Waals surface area contributed by atoms with Crippen LogP contribution in [0.5, 0.6) is 0 Å². The summed E-state index contributed by atoms with van der Waals surface area (Å²) in [6, 6.07) is 0. The molecule has 0 aromatic carbocycles. The lowest BCUT2D eigenvalue weighted by atomic mass is 10.0. The zero-order valence-electron chi connectivity index (χ0n) is 10.9. The molecule has 0 fully saturated rings. The average Bonchev–Trinajstić information content (AvgIpc) is 2.62. The number of hydrogen-bond donors (Lipinski definition) is 2. The van der Waals surface area contributed by atoms with E-state index >= 15 is 0 Å². The molecule has 0 aliphatic carbocycles. The largest absolute Gasteiger partial charge is 0.352 e. The highest BCUT2D eigenvalue weighted by atomic mass is 16.1. The van der Waals surface area contributed by atoms with E-state index in [1.54, 1.807) is 4.68 Å². The lowest BCUT2D eigenvalue weighted by molar-refractivity contribution is -0.122. The Morgan fingerprint density at radius 2 is 2.35 bits per heavy atom. The van der Waals surface area contributed by atoms with Crippen LogP contribution in [-0.2, 0) is 18.4 Å². The second kappa shape index (κ2) is 6.39. The van der Waals surface area contributed by atoms with Gasteiger partial charge in [-0.2, -0.15) is 5.10 Å². The van der Waals surface area contributed by atoms with Crippen molar-refractivity contribution in [2.75, 3.05) is 6.54 Å². The molecule has 0 radical (unpaired) electrons. The van der Waals surface area contributed by atoms with Gasteiger partial charge in [0.05, 0.1) is 5.69 Å². The fourth-order valence-corrected chi connectivity index (χ4v) is 1.74. The van der Waals surface area contributed by atoms with Crippen molar-refractivity contribution in [3.05, 3.63) is 17.5 Å². The molecule has 1 unspecified atom stereocenters. The molecular weight excluding hydrogens is 216 g/mol. The number of carbonyl (C=O) groups is 1. The zero-order valence-corrected chi connectivity index (χ0v) is 10.9. The maximum Gasteiger partial charge on any atom is 0.220 e. The van der Waals surface area contributed by atoms with Gasteiger partial charge < -0.3 is 11.1 Å². The van der Waals surface area contributed by atoms with E-state index in [-0.39, 0.29) is 11.8 Å². The summed E-state index contributed by atoms with van der Waals surface area (Å²) in [5.41, 5.74) is 7.59. The molecule has 0 aliphatic heterocycles. The molecule has 1 rings (SSSR count). The number of nitrogens with zero attached hydrogens (tertiary/aromatic N) is 2. The van der Waals surface area contributed by atoms with Gasteiger partial charge in [0.15, 0.2) is 0 Å². The van der Waals surface area contributed by atoms with E-state index < -0.39 is 0 Å². The maximum atomic E-state index is 11.7. The first kappa shape index (κ1) is 13.7. The number of rotatable bonds is 6. The van der Waals surface area contributed by atoms with Crippen molar-refractivity contribution in [2.45, 2.75) is 33.2 Å². The van der Waals surface area contributed by atoms with E-state index in [0.29, 0.717) is 19.5 Å². The van der Waals surface area contributed by atoms with Crippen LogP contribution in [0.4, 0.5) is 0 Å². The molecule has 1 aromatic heterocycles. The van der Waals surface area contributed by atoms with E-state index in [1.165, 1.54) is 0 Å². The van der Waals surface area contributed by atoms with Crippen molar-refractivity contribution in [3.63, 3.8) is 0 Å². The summed E-state index contributed by atoms with van der Waals surface area (Å²) in [5, 5.41) is 7.13. The van der Waals surface area contributed by atoms with Crippen LogP contribution >= 0.6 is 0 Å². The second-order valence-corrected chi connectivity index (χ2v) is 4.40. The van der Waals surface area contributed by atoms with Crippen molar-refractivity contribution in [2.24, 2.45) is 18.7 Å². The molecule has 17 heavy (non-hydrogen) atoms. The fraction of sp³-hybridized carbons (Fsp3) is 0.667. The van der Waals surface area contributed by atoms with Crippen LogP contribution in [0.3, 0.4) is 0 Å². The van der Waals surface area contributed by atoms with Crippen LogP contribution in [0.25, 0.3) is 0 Å². The second-order valence-electron chi connectivity index (χ2n) is 4.40. The van der Waals surface area contributed by atoms with Gasteiger partial charge in [-0.3, -0.25) is 9.48 Å². The molecule has 0 bridgehead atoms. The number of aryl methyl sites for hydroxylation is 2. The molecule has 3 N–H and O–H groups in total. The SMILES string of the molecule is CCC(CN)CC(=O)NCc1cn(C)nc1C. The van der Waals surface area contributed by atoms with E-state index in [2.05, 4.69) is 17.3 Å². The molecule has 0 saturated carbocycles. The molecule has 1 amide bonds. The predicted molar refractivity (Wildman–Crippen MR) is 67.2 cm³/mol. The number of aromatic nitrogens is 2. The minimum Gasteiger partial charge on any atom is -0.352 e. The molecule has 0 saturated heterocycles. The van der Waals surface area contributed by atoms with Crippen molar-refractivity contribution in [1.82, 2.24) is 15.1 Å². The number of carbonyl (C=O) groups excluding carboxylic acids is 1. The van der Waals surface area contributed by atoms with Crippen LogP contribution < -0.4 is 11.1 Å². The number of hydrogen-bond acceptors (Lipinski definition) is 3. The Labute approximate surface area is 102 Å². The van der Waals surface area contributed by atoms with Gasteiger partial charge in [-0.1, -0.05) is 13.3 Å². The first-order valence-electron chi connectivity index (χ1n) is 6.02. The monoisotopic (exact) mass is 238 g/mol. The van der Waals surface area contributed by atoms with Crippen molar-refractivity contribution >= 4 is 5.91 Å². The third-order valence-electron chi connectivity index (χ3n) is 2.98. The molecule has 1 heterocycles. The van der Waals surface area contributed by atoms with Crippen molar-refractivity contribution < 1.29 is 4.79 Å². The summed E-state index contributed by atoms with van der Waals surface area (Å²) >= 11 is 0. The Balaban J connectivity index is 2.40. The molecule has 96 valence electrons. The highest BCUT2D eigenvalue weighted by Gasteiger charge is 2.11. The van der Waals surface area contributed by atoms with E-state index in [1.807, 2.05) is 20.2 Å². The summed E-state index contributed by atoms with van der Waals surface area (Å²) in [5.74, 6) is 0.343. The third-order valence-corrected chi connectivity index (χ3v) is 2.98. The molecule has 5 heteroatoms. The van der Waals surface area contributed by atoms with Crippen molar-refractivity contribution in [1.29, 1.82) is 0 Å². The number of amides is 1. The Hall–Kier alpha value is -1.36. The topological polar surface area (TPSA) is 72.9 Å². The Bertz CT molecular complexity index is 369. The predicted octanol–water partition coefficient (Wildman–Crippen LogP) is 0.720. The van der Waals surface area contributed by atoms with Gasteiger partial charge >= 0.3 is 0 Å². The average molecular weight is 238 g/mol. The van der Waals surface area contributed by atoms with Gasteiger partial charge in [-0.15, -0.1) is 0 Å². The smallest absolute Gasteiger partial charge is 0.220 e. The Kier molecular flexibility index (Phi) is 5.15. The first-order chi connectivity index (χ1) is 8.06. The van der Waals surface area contributed by atoms with E-state index in [4.69, 9.17) is 5.73 Å². The fourth-order valence-electron chi connectivity index (χ4n) is 1.74. The van der Waals surface area contributed by atoms with Crippen molar-refractivity contribution in [3.8, 4) is 0 Å². The molecule has 5 nitrogen and oxygen atoms in total. The summed E-state index contributed by atoms with van der Waals surface area (Å²) in [6.07, 6.45) is 3.37. The van der Waals surface area contributed by atoms with Gasteiger partial charge in [-0.05, 0) is 19.4 Å². The van der Waals surface area contributed by atoms with Crippen LogP contribution in [0.1, 0.15) is 31.0 Å². The lowest BCUT2D eigenvalue weighted by Crippen LogP contribution is -2.27. The van der Waals surface area contributed by atoms with Gasteiger partial charge in [0.1, 0.15) is 0 Å². The minimum absolute atomic E-state index is 0.0607. The Morgan fingerprint density at radius 1 is 1.65 bits per heavy atom. The molecule has 1 aromatic rings. The zero-order chi connectivity index (χ0) is 12.8. The van der Waals surface area contributed by atoms with E-state index in [9.17, 15) is 4.79 Å². The highest BCUT2D eigenvalue weighted by molar-refractivity contribution is 5.76. The normalized spacial score (nSPS) is 12.5. The summed E-state index contributed by atoms with van der Waals surface area (Å²) in [7, 11) is 1.87. The van der Waals surface area contributed by atoms with E-state index in [0.717, 1.165) is 17.7 Å². The third kappa shape index (κ3) is 4.19. The van der Waals surface area contributed by atoms with Gasteiger partial charge in [0.2, 0.25) is 5.91 Å². The standard InChI is InChI=1S/C12H22N4O/c1-4-10(6-13)5-12(17)14-7-11-8-16(3)15-9(11)2/h8,10H,4-7,13H2,1-3H3,(H,14,17). The summed E-state index contributed by atoms with van der Waals surface area (Å²) in [4.78, 5) is 11.7. The lowest BCUT2D eigenvalue weighted by Gasteiger charge is -2.11. The van der Waals surface area contributed by atoms with Crippen LogP contribution in [-0.4, -0.2) is 22.2 Å². The van der Waals surface area contributed by atoms with Gasteiger partial charge in [-0.25, -0.2) is 0 Å². The van der Waals surface area contributed by atoms with Gasteiger partial charge in [0.25, 0.3) is 0 Å². The number of nitrogens with one attached hydrogen (secondary N) is 1.